The number of nitrogens with one attached hydrogen (secondary N) is 1. The zero-order chi connectivity index (χ0) is 19.6. The lowest BCUT2D eigenvalue weighted by atomic mass is 9.89. The summed E-state index contributed by atoms with van der Waals surface area (Å²) < 4.78 is 0. The van der Waals surface area contributed by atoms with Crippen molar-refractivity contribution in [3.8, 4) is 0 Å². The van der Waals surface area contributed by atoms with Gasteiger partial charge in [-0.25, -0.2) is 0 Å². The molecule has 0 unspecified atom stereocenters. The van der Waals surface area contributed by atoms with Gasteiger partial charge < -0.3 is 10.2 Å². The van der Waals surface area contributed by atoms with Crippen LogP contribution in [0.5, 0.6) is 0 Å². The molecule has 1 aliphatic rings. The Morgan fingerprint density at radius 2 is 1.54 bits per heavy atom. The third-order valence-corrected chi connectivity index (χ3v) is 5.40. The number of para-hydroxylation sites is 1. The second kappa shape index (κ2) is 10.6. The Hall–Kier alpha value is -2.62. The van der Waals surface area contributed by atoms with Crippen LogP contribution in [0.4, 0.5) is 5.69 Å². The van der Waals surface area contributed by atoms with Crippen molar-refractivity contribution in [3.63, 3.8) is 0 Å². The van der Waals surface area contributed by atoms with E-state index < -0.39 is 0 Å². The van der Waals surface area contributed by atoms with Crippen LogP contribution in [0.15, 0.2) is 60.7 Å². The van der Waals surface area contributed by atoms with Gasteiger partial charge in [-0.1, -0.05) is 67.8 Å². The quantitative estimate of drug-likeness (QED) is 0.694. The van der Waals surface area contributed by atoms with Gasteiger partial charge in [0.05, 0.1) is 6.42 Å². The molecule has 0 atom stereocenters. The van der Waals surface area contributed by atoms with Gasteiger partial charge in [-0.15, -0.1) is 0 Å². The number of amides is 2. The molecule has 0 aromatic heterocycles. The smallest absolute Gasteiger partial charge is 0.231 e. The van der Waals surface area contributed by atoms with Gasteiger partial charge >= 0.3 is 0 Å². The van der Waals surface area contributed by atoms with E-state index in [0.29, 0.717) is 19.5 Å². The van der Waals surface area contributed by atoms with Crippen molar-refractivity contribution < 1.29 is 9.59 Å². The van der Waals surface area contributed by atoms with Gasteiger partial charge in [0.1, 0.15) is 0 Å². The SMILES string of the molecule is O=C(NCCCN(C(=O)Cc1ccccc1)c1ccccc1)C1CCCCC1. The molecule has 0 bridgehead atoms. The molecule has 148 valence electrons. The van der Waals surface area contributed by atoms with E-state index in [-0.39, 0.29) is 17.7 Å². The molecule has 4 nitrogen and oxygen atoms in total. The van der Waals surface area contributed by atoms with E-state index in [4.69, 9.17) is 0 Å². The molecule has 4 heteroatoms. The lowest BCUT2D eigenvalue weighted by molar-refractivity contribution is -0.125. The Bertz CT molecular complexity index is 740. The van der Waals surface area contributed by atoms with Gasteiger partial charge in [-0.05, 0) is 37.0 Å². The molecule has 2 aromatic carbocycles. The molecule has 0 heterocycles. The summed E-state index contributed by atoms with van der Waals surface area (Å²) in [6.45, 7) is 1.21. The van der Waals surface area contributed by atoms with Gasteiger partial charge in [0.2, 0.25) is 11.8 Å². The molecular weight excluding hydrogens is 348 g/mol. The number of hydrogen-bond acceptors (Lipinski definition) is 2. The minimum atomic E-state index is 0.0796. The van der Waals surface area contributed by atoms with Crippen LogP contribution >= 0.6 is 0 Å². The fraction of sp³-hybridized carbons (Fsp3) is 0.417. The molecule has 1 fully saturated rings. The van der Waals surface area contributed by atoms with E-state index in [1.807, 2.05) is 65.6 Å². The minimum Gasteiger partial charge on any atom is -0.356 e. The lowest BCUT2D eigenvalue weighted by Gasteiger charge is -2.24. The highest BCUT2D eigenvalue weighted by Gasteiger charge is 2.21. The van der Waals surface area contributed by atoms with Crippen LogP contribution < -0.4 is 10.2 Å². The monoisotopic (exact) mass is 378 g/mol. The van der Waals surface area contributed by atoms with Gasteiger partial charge in [0, 0.05) is 24.7 Å². The second-order valence-corrected chi connectivity index (χ2v) is 7.52. The Labute approximate surface area is 167 Å². The largest absolute Gasteiger partial charge is 0.356 e. The van der Waals surface area contributed by atoms with Crippen molar-refractivity contribution >= 4 is 17.5 Å². The number of carbonyl (C=O) groups is 2. The number of nitrogens with zero attached hydrogens (tertiary/aromatic N) is 1. The maximum Gasteiger partial charge on any atom is 0.231 e. The summed E-state index contributed by atoms with van der Waals surface area (Å²) in [5.41, 5.74) is 1.92. The Balaban J connectivity index is 1.54. The van der Waals surface area contributed by atoms with E-state index in [0.717, 1.165) is 43.4 Å². The zero-order valence-electron chi connectivity index (χ0n) is 16.5. The van der Waals surface area contributed by atoms with E-state index in [1.165, 1.54) is 6.42 Å². The van der Waals surface area contributed by atoms with E-state index in [9.17, 15) is 9.59 Å². The van der Waals surface area contributed by atoms with Crippen LogP contribution in [-0.2, 0) is 16.0 Å². The predicted molar refractivity (Wildman–Crippen MR) is 113 cm³/mol. The van der Waals surface area contributed by atoms with Gasteiger partial charge in [-0.3, -0.25) is 9.59 Å². The van der Waals surface area contributed by atoms with Crippen molar-refractivity contribution in [2.75, 3.05) is 18.0 Å². The van der Waals surface area contributed by atoms with Crippen molar-refractivity contribution in [2.45, 2.75) is 44.9 Å². The summed E-state index contributed by atoms with van der Waals surface area (Å²) in [6.07, 6.45) is 6.72. The molecule has 3 rings (SSSR count). The van der Waals surface area contributed by atoms with Crippen LogP contribution in [0, 0.1) is 5.92 Å². The molecule has 0 radical (unpaired) electrons. The highest BCUT2D eigenvalue weighted by molar-refractivity contribution is 5.94. The average Bonchev–Trinajstić information content (AvgIpc) is 2.75. The topological polar surface area (TPSA) is 49.4 Å². The summed E-state index contributed by atoms with van der Waals surface area (Å²) in [7, 11) is 0. The first-order valence-corrected chi connectivity index (χ1v) is 10.4. The Morgan fingerprint density at radius 1 is 0.893 bits per heavy atom. The first-order valence-electron chi connectivity index (χ1n) is 10.4. The maximum atomic E-state index is 12.9. The molecule has 0 aliphatic heterocycles. The van der Waals surface area contributed by atoms with Gasteiger partial charge in [0.15, 0.2) is 0 Å². The molecule has 0 spiro atoms. The first kappa shape index (κ1) is 20.1. The molecule has 2 amide bonds. The maximum absolute atomic E-state index is 12.9. The first-order chi connectivity index (χ1) is 13.7. The second-order valence-electron chi connectivity index (χ2n) is 7.52. The molecule has 1 N–H and O–H groups in total. The standard InChI is InChI=1S/C24H30N2O2/c27-23(19-20-11-4-1-5-12-20)26(22-15-8-3-9-16-22)18-10-17-25-24(28)21-13-6-2-7-14-21/h1,3-5,8-9,11-12,15-16,21H,2,6-7,10,13-14,17-19H2,(H,25,28). The van der Waals surface area contributed by atoms with E-state index >= 15 is 0 Å². The van der Waals surface area contributed by atoms with Gasteiger partial charge in [-0.2, -0.15) is 0 Å². The van der Waals surface area contributed by atoms with Crippen LogP contribution in [0.3, 0.4) is 0 Å². The molecule has 28 heavy (non-hydrogen) atoms. The summed E-state index contributed by atoms with van der Waals surface area (Å²) >= 11 is 0. The van der Waals surface area contributed by atoms with Crippen LogP contribution in [0.25, 0.3) is 0 Å². The number of carbonyl (C=O) groups excluding carboxylic acids is 2. The lowest BCUT2D eigenvalue weighted by Crippen LogP contribution is -2.37. The number of rotatable bonds is 8. The normalized spacial score (nSPS) is 14.4. The van der Waals surface area contributed by atoms with Crippen molar-refractivity contribution in [1.29, 1.82) is 0 Å². The molecule has 0 saturated heterocycles. The van der Waals surface area contributed by atoms with Gasteiger partial charge in [0.25, 0.3) is 0 Å². The van der Waals surface area contributed by atoms with Crippen LogP contribution in [-0.4, -0.2) is 24.9 Å². The van der Waals surface area contributed by atoms with E-state index in [2.05, 4.69) is 5.32 Å². The van der Waals surface area contributed by atoms with Crippen molar-refractivity contribution in [2.24, 2.45) is 5.92 Å². The third kappa shape index (κ3) is 5.95. The summed E-state index contributed by atoms with van der Waals surface area (Å²) in [5.74, 6) is 0.441. The summed E-state index contributed by atoms with van der Waals surface area (Å²) in [6, 6.07) is 19.6. The van der Waals surface area contributed by atoms with Crippen LogP contribution in [0.2, 0.25) is 0 Å². The van der Waals surface area contributed by atoms with Crippen molar-refractivity contribution in [3.05, 3.63) is 66.2 Å². The summed E-state index contributed by atoms with van der Waals surface area (Å²) in [5, 5.41) is 3.07. The number of anilines is 1. The number of benzene rings is 2. The average molecular weight is 379 g/mol. The highest BCUT2D eigenvalue weighted by atomic mass is 16.2. The Kier molecular flexibility index (Phi) is 7.65. The fourth-order valence-corrected chi connectivity index (χ4v) is 3.83. The molecular formula is C24H30N2O2. The molecule has 2 aromatic rings. The summed E-state index contributed by atoms with van der Waals surface area (Å²) in [4.78, 5) is 27.1. The Morgan fingerprint density at radius 3 is 2.21 bits per heavy atom. The van der Waals surface area contributed by atoms with Crippen molar-refractivity contribution in [1.82, 2.24) is 5.32 Å². The molecule has 1 saturated carbocycles. The predicted octanol–water partition coefficient (Wildman–Crippen LogP) is 4.35. The number of hydrogen-bond donors (Lipinski definition) is 1. The fourth-order valence-electron chi connectivity index (χ4n) is 3.83. The van der Waals surface area contributed by atoms with Crippen LogP contribution in [0.1, 0.15) is 44.1 Å². The zero-order valence-corrected chi connectivity index (χ0v) is 16.5. The van der Waals surface area contributed by atoms with E-state index in [1.54, 1.807) is 0 Å². The molecule has 1 aliphatic carbocycles. The third-order valence-electron chi connectivity index (χ3n) is 5.40. The highest BCUT2D eigenvalue weighted by Crippen LogP contribution is 2.23. The minimum absolute atomic E-state index is 0.0796.